The van der Waals surface area contributed by atoms with Gasteiger partial charge in [-0.1, -0.05) is 6.42 Å². The molecule has 2 N–H and O–H groups in total. The number of aliphatic hydroxyl groups excluding tert-OH is 1. The van der Waals surface area contributed by atoms with Gasteiger partial charge in [-0.3, -0.25) is 0 Å². The molecule has 1 aliphatic carbocycles. The van der Waals surface area contributed by atoms with Crippen LogP contribution in [0.1, 0.15) is 25.0 Å². The molecule has 1 fully saturated rings. The number of aryl methyl sites for hydroxylation is 1. The fraction of sp³-hybridized carbons (Fsp3) is 0.667. The van der Waals surface area contributed by atoms with Crippen molar-refractivity contribution in [2.45, 2.75) is 36.7 Å². The Morgan fingerprint density at radius 2 is 2.28 bits per heavy atom. The largest absolute Gasteiger partial charge is 0.393 e. The molecular weight excluding hydrogens is 270 g/mol. The van der Waals surface area contributed by atoms with E-state index >= 15 is 0 Å². The van der Waals surface area contributed by atoms with E-state index in [-0.39, 0.29) is 6.10 Å². The molecule has 2 heterocycles. The van der Waals surface area contributed by atoms with Crippen molar-refractivity contribution in [3.05, 3.63) is 11.0 Å². The minimum atomic E-state index is -0.171. The average molecular weight is 286 g/mol. The molecule has 18 heavy (non-hydrogen) atoms. The normalized spacial score (nSPS) is 26.3. The summed E-state index contributed by atoms with van der Waals surface area (Å²) < 4.78 is 0. The van der Waals surface area contributed by atoms with Crippen molar-refractivity contribution in [2.75, 3.05) is 17.6 Å². The fourth-order valence-electron chi connectivity index (χ4n) is 2.64. The van der Waals surface area contributed by atoms with Crippen LogP contribution in [0.2, 0.25) is 5.28 Å². The van der Waals surface area contributed by atoms with Crippen LogP contribution in [-0.2, 0) is 6.42 Å². The topological polar surface area (TPSA) is 58.0 Å². The van der Waals surface area contributed by atoms with E-state index in [0.29, 0.717) is 11.2 Å². The highest BCUT2D eigenvalue weighted by Crippen LogP contribution is 2.36. The first-order chi connectivity index (χ1) is 8.74. The Bertz CT molecular complexity index is 457. The predicted molar refractivity (Wildman–Crippen MR) is 73.3 cm³/mol. The lowest BCUT2D eigenvalue weighted by atomic mass is 10.1. The van der Waals surface area contributed by atoms with E-state index in [1.165, 1.54) is 0 Å². The van der Waals surface area contributed by atoms with E-state index in [2.05, 4.69) is 15.3 Å². The molecule has 1 saturated carbocycles. The standard InChI is InChI=1S/C12H16ClN3OS/c13-12-15-8-4-5-18-10(8)11(16-12)14-6-7-2-1-3-9(7)17/h7,9,17H,1-6H2,(H,14,15,16). The molecule has 0 amide bonds. The predicted octanol–water partition coefficient (Wildman–Crippen LogP) is 2.35. The second kappa shape index (κ2) is 5.23. The highest BCUT2D eigenvalue weighted by molar-refractivity contribution is 7.99. The van der Waals surface area contributed by atoms with Crippen LogP contribution in [0.4, 0.5) is 5.82 Å². The number of thioether (sulfide) groups is 1. The number of nitrogens with one attached hydrogen (secondary N) is 1. The van der Waals surface area contributed by atoms with E-state index in [0.717, 1.165) is 54.4 Å². The van der Waals surface area contributed by atoms with E-state index in [9.17, 15) is 5.11 Å². The molecule has 4 nitrogen and oxygen atoms in total. The number of anilines is 1. The molecule has 0 saturated heterocycles. The summed E-state index contributed by atoms with van der Waals surface area (Å²) in [5.74, 6) is 2.22. The number of nitrogens with zero attached hydrogens (tertiary/aromatic N) is 2. The number of fused-ring (bicyclic) bond motifs is 1. The van der Waals surface area contributed by atoms with Gasteiger partial charge in [-0.05, 0) is 24.4 Å². The minimum Gasteiger partial charge on any atom is -0.393 e. The van der Waals surface area contributed by atoms with Gasteiger partial charge in [-0.15, -0.1) is 11.8 Å². The molecule has 3 rings (SSSR count). The number of hydrogen-bond donors (Lipinski definition) is 2. The Morgan fingerprint density at radius 3 is 3.06 bits per heavy atom. The summed E-state index contributed by atoms with van der Waals surface area (Å²) in [6, 6.07) is 0. The van der Waals surface area contributed by atoms with Gasteiger partial charge in [0.1, 0.15) is 5.82 Å². The molecule has 0 radical (unpaired) electrons. The Hall–Kier alpha value is -0.520. The number of rotatable bonds is 3. The Morgan fingerprint density at radius 1 is 1.39 bits per heavy atom. The molecule has 2 atom stereocenters. The number of halogens is 1. The van der Waals surface area contributed by atoms with Gasteiger partial charge >= 0.3 is 0 Å². The molecule has 0 aromatic carbocycles. The lowest BCUT2D eigenvalue weighted by Crippen LogP contribution is -2.22. The van der Waals surface area contributed by atoms with Gasteiger partial charge in [0.15, 0.2) is 0 Å². The summed E-state index contributed by atoms with van der Waals surface area (Å²) in [6.45, 7) is 0.765. The van der Waals surface area contributed by atoms with Crippen LogP contribution in [-0.4, -0.2) is 33.5 Å². The number of aliphatic hydroxyl groups is 1. The third-order valence-corrected chi connectivity index (χ3v) is 4.94. The Labute approximate surface area is 116 Å². The Balaban J connectivity index is 1.73. The zero-order chi connectivity index (χ0) is 12.5. The first kappa shape index (κ1) is 12.5. The third-order valence-electron chi connectivity index (χ3n) is 3.64. The molecule has 0 spiro atoms. The van der Waals surface area contributed by atoms with Crippen LogP contribution >= 0.6 is 23.4 Å². The van der Waals surface area contributed by atoms with Crippen molar-refractivity contribution in [1.82, 2.24) is 9.97 Å². The average Bonchev–Trinajstić information content (AvgIpc) is 2.94. The number of aromatic nitrogens is 2. The maximum atomic E-state index is 9.81. The highest BCUT2D eigenvalue weighted by atomic mass is 35.5. The van der Waals surface area contributed by atoms with Gasteiger partial charge in [0.2, 0.25) is 5.28 Å². The maximum absolute atomic E-state index is 9.81. The van der Waals surface area contributed by atoms with Crippen molar-refractivity contribution in [3.63, 3.8) is 0 Å². The second-order valence-electron chi connectivity index (χ2n) is 4.85. The van der Waals surface area contributed by atoms with Crippen LogP contribution in [0.3, 0.4) is 0 Å². The lowest BCUT2D eigenvalue weighted by Gasteiger charge is -2.16. The van der Waals surface area contributed by atoms with Gasteiger partial charge in [0.05, 0.1) is 16.7 Å². The van der Waals surface area contributed by atoms with Crippen LogP contribution in [0.25, 0.3) is 0 Å². The van der Waals surface area contributed by atoms with Crippen LogP contribution in [0, 0.1) is 5.92 Å². The molecular formula is C12H16ClN3OS. The zero-order valence-electron chi connectivity index (χ0n) is 10.0. The summed E-state index contributed by atoms with van der Waals surface area (Å²) in [4.78, 5) is 9.66. The first-order valence-electron chi connectivity index (χ1n) is 6.35. The summed E-state index contributed by atoms with van der Waals surface area (Å²) in [7, 11) is 0. The fourth-order valence-corrected chi connectivity index (χ4v) is 3.90. The van der Waals surface area contributed by atoms with Gasteiger partial charge in [-0.2, -0.15) is 4.98 Å². The molecule has 2 aliphatic rings. The zero-order valence-corrected chi connectivity index (χ0v) is 11.6. The summed E-state index contributed by atoms with van der Waals surface area (Å²) in [5.41, 5.74) is 1.05. The second-order valence-corrected chi connectivity index (χ2v) is 6.30. The Kier molecular flexibility index (Phi) is 3.63. The molecule has 98 valence electrons. The molecule has 6 heteroatoms. The van der Waals surface area contributed by atoms with Gasteiger partial charge in [-0.25, -0.2) is 4.98 Å². The van der Waals surface area contributed by atoms with Crippen molar-refractivity contribution < 1.29 is 5.11 Å². The monoisotopic (exact) mass is 285 g/mol. The molecule has 2 unspecified atom stereocenters. The van der Waals surface area contributed by atoms with E-state index in [1.54, 1.807) is 11.8 Å². The SMILES string of the molecule is OC1CCCC1CNc1nc(Cl)nc2c1SCC2. The van der Waals surface area contributed by atoms with Gasteiger partial charge in [0, 0.05) is 24.6 Å². The van der Waals surface area contributed by atoms with E-state index in [4.69, 9.17) is 11.6 Å². The molecule has 0 bridgehead atoms. The summed E-state index contributed by atoms with van der Waals surface area (Å²) in [6.07, 6.45) is 3.91. The number of hydrogen-bond acceptors (Lipinski definition) is 5. The van der Waals surface area contributed by atoms with Crippen molar-refractivity contribution in [1.29, 1.82) is 0 Å². The molecule has 1 aromatic heterocycles. The van der Waals surface area contributed by atoms with E-state index in [1.807, 2.05) is 0 Å². The molecule has 1 aliphatic heterocycles. The van der Waals surface area contributed by atoms with Crippen LogP contribution in [0.5, 0.6) is 0 Å². The molecule has 1 aromatic rings. The van der Waals surface area contributed by atoms with Gasteiger partial charge < -0.3 is 10.4 Å². The maximum Gasteiger partial charge on any atom is 0.224 e. The van der Waals surface area contributed by atoms with Crippen LogP contribution in [0.15, 0.2) is 4.90 Å². The van der Waals surface area contributed by atoms with E-state index < -0.39 is 0 Å². The van der Waals surface area contributed by atoms with Crippen molar-refractivity contribution >= 4 is 29.2 Å². The minimum absolute atomic E-state index is 0.171. The van der Waals surface area contributed by atoms with Crippen LogP contribution < -0.4 is 5.32 Å². The van der Waals surface area contributed by atoms with Crippen molar-refractivity contribution in [3.8, 4) is 0 Å². The summed E-state index contributed by atoms with van der Waals surface area (Å²) >= 11 is 7.71. The third kappa shape index (κ3) is 2.44. The highest BCUT2D eigenvalue weighted by Gasteiger charge is 2.26. The lowest BCUT2D eigenvalue weighted by molar-refractivity contribution is 0.138. The summed E-state index contributed by atoms with van der Waals surface area (Å²) in [5, 5.41) is 13.5. The smallest absolute Gasteiger partial charge is 0.224 e. The quantitative estimate of drug-likeness (QED) is 0.835. The van der Waals surface area contributed by atoms with Crippen molar-refractivity contribution in [2.24, 2.45) is 5.92 Å². The first-order valence-corrected chi connectivity index (χ1v) is 7.71. The van der Waals surface area contributed by atoms with Gasteiger partial charge in [0.25, 0.3) is 0 Å².